The number of nitrogens with zero attached hydrogens (tertiary/aromatic N) is 1. The van der Waals surface area contributed by atoms with E-state index in [4.69, 9.17) is 9.47 Å². The van der Waals surface area contributed by atoms with Gasteiger partial charge in [0.15, 0.2) is 30.1 Å². The van der Waals surface area contributed by atoms with Crippen LogP contribution in [0.2, 0.25) is 0 Å². The molecule has 3 rings (SSSR count). The van der Waals surface area contributed by atoms with Gasteiger partial charge in [-0.2, -0.15) is 0 Å². The average molecular weight is 342 g/mol. The predicted molar refractivity (Wildman–Crippen MR) is 88.8 cm³/mol. The maximum atomic E-state index is 13.4. The molecule has 1 N–H and O–H groups in total. The van der Waals surface area contributed by atoms with Crippen LogP contribution in [0, 0.1) is 5.82 Å². The molecule has 3 aromatic rings. The number of nitrogens with one attached hydrogen (secondary N) is 1. The third-order valence-corrected chi connectivity index (χ3v) is 3.51. The second-order valence-electron chi connectivity index (χ2n) is 5.32. The molecule has 6 nitrogen and oxygen atoms in total. The van der Waals surface area contributed by atoms with E-state index in [2.05, 4.69) is 9.97 Å². The fraction of sp³-hybridized carbons (Fsp3) is 0.167. The Morgan fingerprint density at radius 3 is 2.72 bits per heavy atom. The van der Waals surface area contributed by atoms with Crippen molar-refractivity contribution in [3.8, 4) is 5.75 Å². The van der Waals surface area contributed by atoms with Crippen LogP contribution in [-0.2, 0) is 9.53 Å². The highest BCUT2D eigenvalue weighted by Gasteiger charge is 2.16. The topological polar surface area (TPSA) is 81.3 Å². The standard InChI is InChI=1S/C18H15FN2O4/c1-11(17-20-14-8-4-2-6-12(14)18(23)21-17)25-16(22)10-24-15-9-5-3-7-13(15)19/h2-9,11H,10H2,1H3,(H,20,21,23)/t11-/m0/s1. The number of carbonyl (C=O) groups is 1. The molecule has 7 heteroatoms. The summed E-state index contributed by atoms with van der Waals surface area (Å²) in [6, 6.07) is 12.6. The summed E-state index contributed by atoms with van der Waals surface area (Å²) in [5.41, 5.74) is 0.192. The van der Waals surface area contributed by atoms with Crippen molar-refractivity contribution in [2.45, 2.75) is 13.0 Å². The van der Waals surface area contributed by atoms with Gasteiger partial charge in [-0.15, -0.1) is 0 Å². The van der Waals surface area contributed by atoms with Crippen LogP contribution in [0.5, 0.6) is 5.75 Å². The predicted octanol–water partition coefficient (Wildman–Crippen LogP) is 2.75. The lowest BCUT2D eigenvalue weighted by atomic mass is 10.2. The van der Waals surface area contributed by atoms with Gasteiger partial charge in [0.25, 0.3) is 5.56 Å². The fourth-order valence-electron chi connectivity index (χ4n) is 2.28. The molecule has 0 aliphatic rings. The third kappa shape index (κ3) is 3.82. The Balaban J connectivity index is 1.67. The van der Waals surface area contributed by atoms with Crippen LogP contribution in [0.3, 0.4) is 0 Å². The summed E-state index contributed by atoms with van der Waals surface area (Å²) in [7, 11) is 0. The van der Waals surface area contributed by atoms with E-state index < -0.39 is 24.5 Å². The minimum absolute atomic E-state index is 0.0376. The van der Waals surface area contributed by atoms with Gasteiger partial charge in [-0.25, -0.2) is 14.2 Å². The number of halogens is 1. The Bertz CT molecular complexity index is 970. The smallest absolute Gasteiger partial charge is 0.344 e. The molecule has 0 saturated carbocycles. The van der Waals surface area contributed by atoms with Gasteiger partial charge in [0.2, 0.25) is 0 Å². The Morgan fingerprint density at radius 2 is 1.92 bits per heavy atom. The first-order valence-corrected chi connectivity index (χ1v) is 7.60. The van der Waals surface area contributed by atoms with E-state index in [0.717, 1.165) is 0 Å². The van der Waals surface area contributed by atoms with Crippen molar-refractivity contribution in [2.24, 2.45) is 0 Å². The van der Waals surface area contributed by atoms with Crippen LogP contribution in [0.4, 0.5) is 4.39 Å². The van der Waals surface area contributed by atoms with Gasteiger partial charge in [0.05, 0.1) is 10.9 Å². The molecule has 0 aliphatic carbocycles. The Labute approximate surface area is 142 Å². The van der Waals surface area contributed by atoms with E-state index in [1.165, 1.54) is 18.2 Å². The van der Waals surface area contributed by atoms with Gasteiger partial charge in [-0.1, -0.05) is 24.3 Å². The molecule has 0 amide bonds. The minimum Gasteiger partial charge on any atom is -0.479 e. The summed E-state index contributed by atoms with van der Waals surface area (Å²) in [6.45, 7) is 1.12. The van der Waals surface area contributed by atoms with Crippen molar-refractivity contribution in [3.63, 3.8) is 0 Å². The van der Waals surface area contributed by atoms with Gasteiger partial charge in [0, 0.05) is 0 Å². The van der Waals surface area contributed by atoms with Gasteiger partial charge in [-0.05, 0) is 31.2 Å². The molecule has 1 atom stereocenters. The number of aromatic amines is 1. The first kappa shape index (κ1) is 16.6. The number of esters is 1. The van der Waals surface area contributed by atoms with Crippen LogP contribution in [0.1, 0.15) is 18.9 Å². The zero-order chi connectivity index (χ0) is 17.8. The molecule has 0 spiro atoms. The average Bonchev–Trinajstić information content (AvgIpc) is 2.61. The number of para-hydroxylation sites is 2. The van der Waals surface area contributed by atoms with E-state index in [0.29, 0.717) is 10.9 Å². The summed E-state index contributed by atoms with van der Waals surface area (Å²) in [5, 5.41) is 0.452. The van der Waals surface area contributed by atoms with Gasteiger partial charge in [0.1, 0.15) is 0 Å². The zero-order valence-electron chi connectivity index (χ0n) is 13.4. The highest BCUT2D eigenvalue weighted by atomic mass is 19.1. The number of hydrogen-bond donors (Lipinski definition) is 1. The van der Waals surface area contributed by atoms with Gasteiger partial charge < -0.3 is 14.5 Å². The Morgan fingerprint density at radius 1 is 1.20 bits per heavy atom. The number of fused-ring (bicyclic) bond motifs is 1. The highest BCUT2D eigenvalue weighted by Crippen LogP contribution is 2.17. The van der Waals surface area contributed by atoms with Crippen LogP contribution < -0.4 is 10.3 Å². The normalized spacial score (nSPS) is 11.9. The Hall–Kier alpha value is -3.22. The molecule has 1 heterocycles. The van der Waals surface area contributed by atoms with Crippen LogP contribution in [0.15, 0.2) is 53.3 Å². The Kier molecular flexibility index (Phi) is 4.74. The number of benzene rings is 2. The quantitative estimate of drug-likeness (QED) is 0.721. The number of rotatable bonds is 5. The van der Waals surface area contributed by atoms with Crippen molar-refractivity contribution in [3.05, 3.63) is 70.5 Å². The number of ether oxygens (including phenoxy) is 2. The molecule has 0 radical (unpaired) electrons. The van der Waals surface area contributed by atoms with E-state index in [9.17, 15) is 14.0 Å². The summed E-state index contributed by atoms with van der Waals surface area (Å²) in [4.78, 5) is 30.8. The lowest BCUT2D eigenvalue weighted by Crippen LogP contribution is -2.20. The van der Waals surface area contributed by atoms with Crippen molar-refractivity contribution < 1.29 is 18.7 Å². The van der Waals surface area contributed by atoms with Crippen molar-refractivity contribution >= 4 is 16.9 Å². The zero-order valence-corrected chi connectivity index (χ0v) is 13.4. The second kappa shape index (κ2) is 7.12. The van der Waals surface area contributed by atoms with Crippen LogP contribution in [-0.4, -0.2) is 22.5 Å². The second-order valence-corrected chi connectivity index (χ2v) is 5.32. The van der Waals surface area contributed by atoms with E-state index in [1.54, 1.807) is 37.3 Å². The molecular weight excluding hydrogens is 327 g/mol. The SMILES string of the molecule is C[C@H](OC(=O)COc1ccccc1F)c1nc2ccccc2c(=O)[nH]1. The molecule has 1 aromatic heterocycles. The summed E-state index contributed by atoms with van der Waals surface area (Å²) in [6.07, 6.45) is -0.783. The molecule has 0 bridgehead atoms. The maximum Gasteiger partial charge on any atom is 0.344 e. The first-order valence-electron chi connectivity index (χ1n) is 7.60. The number of aromatic nitrogens is 2. The highest BCUT2D eigenvalue weighted by molar-refractivity contribution is 5.77. The summed E-state index contributed by atoms with van der Waals surface area (Å²) >= 11 is 0. The molecule has 0 unspecified atom stereocenters. The van der Waals surface area contributed by atoms with E-state index in [-0.39, 0.29) is 17.1 Å². The third-order valence-electron chi connectivity index (χ3n) is 3.51. The monoisotopic (exact) mass is 342 g/mol. The molecule has 25 heavy (non-hydrogen) atoms. The summed E-state index contributed by atoms with van der Waals surface area (Å²) in [5.74, 6) is -1.08. The molecule has 0 fully saturated rings. The van der Waals surface area contributed by atoms with Crippen LogP contribution >= 0.6 is 0 Å². The molecular formula is C18H15FN2O4. The number of carbonyl (C=O) groups excluding carboxylic acids is 1. The number of H-pyrrole nitrogens is 1. The van der Waals surface area contributed by atoms with Crippen LogP contribution in [0.25, 0.3) is 10.9 Å². The lowest BCUT2D eigenvalue weighted by Gasteiger charge is -2.13. The first-order chi connectivity index (χ1) is 12.0. The van der Waals surface area contributed by atoms with Gasteiger partial charge in [-0.3, -0.25) is 4.79 Å². The van der Waals surface area contributed by atoms with E-state index in [1.807, 2.05) is 0 Å². The van der Waals surface area contributed by atoms with Crippen molar-refractivity contribution in [2.75, 3.05) is 6.61 Å². The molecule has 0 saturated heterocycles. The van der Waals surface area contributed by atoms with Crippen molar-refractivity contribution in [1.82, 2.24) is 9.97 Å². The number of hydrogen-bond acceptors (Lipinski definition) is 5. The van der Waals surface area contributed by atoms with E-state index >= 15 is 0 Å². The molecule has 128 valence electrons. The largest absolute Gasteiger partial charge is 0.479 e. The summed E-state index contributed by atoms with van der Waals surface area (Å²) < 4.78 is 23.7. The van der Waals surface area contributed by atoms with Gasteiger partial charge >= 0.3 is 5.97 Å². The minimum atomic E-state index is -0.783. The molecule has 0 aliphatic heterocycles. The fourth-order valence-corrected chi connectivity index (χ4v) is 2.28. The van der Waals surface area contributed by atoms with Crippen molar-refractivity contribution in [1.29, 1.82) is 0 Å². The maximum absolute atomic E-state index is 13.4. The lowest BCUT2D eigenvalue weighted by molar-refractivity contribution is -0.151. The molecule has 2 aromatic carbocycles.